The maximum absolute atomic E-state index is 6.44. The molecule has 1 fully saturated rings. The van der Waals surface area contributed by atoms with E-state index < -0.39 is 30.7 Å². The summed E-state index contributed by atoms with van der Waals surface area (Å²) in [5.41, 5.74) is 3.15. The van der Waals surface area contributed by atoms with Crippen molar-refractivity contribution in [1.82, 2.24) is 0 Å². The first-order valence-corrected chi connectivity index (χ1v) is 12.4. The minimum absolute atomic E-state index is 0.106. The number of terminal acetylenes is 1. The normalized spacial score (nSPS) is 23.4. The highest BCUT2D eigenvalue weighted by Crippen LogP contribution is 2.30. The fraction of sp³-hybridized carbons (Fsp3) is 0.355. The molecule has 37 heavy (non-hydrogen) atoms. The lowest BCUT2D eigenvalue weighted by molar-refractivity contribution is -0.320. The van der Waals surface area contributed by atoms with E-state index in [1.807, 2.05) is 91.0 Å². The minimum atomic E-state index is -0.687. The number of benzene rings is 3. The summed E-state index contributed by atoms with van der Waals surface area (Å²) in [7, 11) is 1.59. The van der Waals surface area contributed by atoms with E-state index in [2.05, 4.69) is 5.92 Å². The third kappa shape index (κ3) is 7.98. The van der Waals surface area contributed by atoms with Gasteiger partial charge in [-0.15, -0.1) is 6.42 Å². The first-order chi connectivity index (χ1) is 18.3. The lowest BCUT2D eigenvalue weighted by Crippen LogP contribution is -2.61. The molecule has 4 rings (SSSR count). The zero-order valence-electron chi connectivity index (χ0n) is 21.1. The quantitative estimate of drug-likeness (QED) is 0.314. The number of ether oxygens (including phenoxy) is 6. The Labute approximate surface area is 219 Å². The second-order valence-electron chi connectivity index (χ2n) is 8.78. The molecule has 0 bridgehead atoms. The van der Waals surface area contributed by atoms with Crippen LogP contribution in [0.2, 0.25) is 0 Å². The molecule has 1 saturated heterocycles. The van der Waals surface area contributed by atoms with Crippen molar-refractivity contribution in [3.63, 3.8) is 0 Å². The summed E-state index contributed by atoms with van der Waals surface area (Å²) in [4.78, 5) is 0. The highest BCUT2D eigenvalue weighted by molar-refractivity contribution is 5.15. The van der Waals surface area contributed by atoms with Crippen molar-refractivity contribution in [3.05, 3.63) is 108 Å². The van der Waals surface area contributed by atoms with E-state index in [1.165, 1.54) is 0 Å². The summed E-state index contributed by atoms with van der Waals surface area (Å²) in [6.45, 7) is 1.59. The van der Waals surface area contributed by atoms with E-state index in [9.17, 15) is 0 Å². The maximum Gasteiger partial charge on any atom is 0.186 e. The average molecular weight is 503 g/mol. The molecule has 5 atom stereocenters. The van der Waals surface area contributed by atoms with Crippen LogP contribution >= 0.6 is 0 Å². The van der Waals surface area contributed by atoms with Gasteiger partial charge in [-0.25, -0.2) is 0 Å². The Bertz CT molecular complexity index is 1070. The molecular formula is C31H34O6. The van der Waals surface area contributed by atoms with E-state index in [0.29, 0.717) is 19.8 Å². The van der Waals surface area contributed by atoms with E-state index in [4.69, 9.17) is 34.8 Å². The molecule has 1 heterocycles. The van der Waals surface area contributed by atoms with Crippen LogP contribution in [0.15, 0.2) is 91.0 Å². The molecule has 0 saturated carbocycles. The van der Waals surface area contributed by atoms with Crippen LogP contribution in [0.3, 0.4) is 0 Å². The van der Waals surface area contributed by atoms with Gasteiger partial charge in [-0.2, -0.15) is 0 Å². The summed E-state index contributed by atoms with van der Waals surface area (Å²) in [5.74, 6) is 2.57. The number of methoxy groups -OCH3 is 1. The lowest BCUT2D eigenvalue weighted by atomic mass is 9.98. The molecule has 6 heteroatoms. The van der Waals surface area contributed by atoms with Crippen molar-refractivity contribution in [2.75, 3.05) is 20.3 Å². The van der Waals surface area contributed by atoms with Gasteiger partial charge in [0.1, 0.15) is 31.0 Å². The molecule has 0 aromatic heterocycles. The SMILES string of the molecule is C#CCO[C@H]1[C@@H](OCc2ccccc2)[C@@H](COCc2ccccc2)O[C@@H](OC)[C@@H]1OCc1ccccc1. The topological polar surface area (TPSA) is 55.4 Å². The van der Waals surface area contributed by atoms with Crippen molar-refractivity contribution < 1.29 is 28.4 Å². The summed E-state index contributed by atoms with van der Waals surface area (Å²) in [5, 5.41) is 0. The van der Waals surface area contributed by atoms with Crippen LogP contribution in [0.4, 0.5) is 0 Å². The molecule has 1 aliphatic heterocycles. The van der Waals surface area contributed by atoms with Gasteiger partial charge in [0, 0.05) is 7.11 Å². The van der Waals surface area contributed by atoms with Crippen LogP contribution in [-0.2, 0) is 48.2 Å². The monoisotopic (exact) mass is 502 g/mol. The van der Waals surface area contributed by atoms with Crippen molar-refractivity contribution in [3.8, 4) is 12.3 Å². The second-order valence-corrected chi connectivity index (χ2v) is 8.78. The molecule has 0 aliphatic carbocycles. The molecule has 0 N–H and O–H groups in total. The molecule has 0 amide bonds. The smallest absolute Gasteiger partial charge is 0.186 e. The third-order valence-electron chi connectivity index (χ3n) is 6.15. The standard InChI is InChI=1S/C31H34O6/c1-3-19-34-29-28(35-21-25-15-9-5-10-16-25)27(23-33-20-24-13-7-4-8-14-24)37-31(32-2)30(29)36-22-26-17-11-6-12-18-26/h1,4-18,27-31H,19-23H2,2H3/t27-,28+,29+,30-,31-/m1/s1. The Morgan fingerprint density at radius 3 is 1.70 bits per heavy atom. The Morgan fingerprint density at radius 2 is 1.19 bits per heavy atom. The fourth-order valence-corrected chi connectivity index (χ4v) is 4.31. The van der Waals surface area contributed by atoms with Crippen LogP contribution < -0.4 is 0 Å². The van der Waals surface area contributed by atoms with Gasteiger partial charge in [-0.05, 0) is 16.7 Å². The Hall–Kier alpha value is -3.02. The molecule has 194 valence electrons. The van der Waals surface area contributed by atoms with Gasteiger partial charge < -0.3 is 28.4 Å². The van der Waals surface area contributed by atoms with Crippen molar-refractivity contribution in [2.45, 2.75) is 50.5 Å². The summed E-state index contributed by atoms with van der Waals surface area (Å²) < 4.78 is 37.0. The molecule has 0 unspecified atom stereocenters. The van der Waals surface area contributed by atoms with Crippen LogP contribution in [0, 0.1) is 12.3 Å². The Balaban J connectivity index is 1.53. The predicted octanol–water partition coefficient (Wildman–Crippen LogP) is 4.76. The second kappa shape index (κ2) is 14.7. The third-order valence-corrected chi connectivity index (χ3v) is 6.15. The lowest BCUT2D eigenvalue weighted by Gasteiger charge is -2.45. The van der Waals surface area contributed by atoms with E-state index in [-0.39, 0.29) is 13.2 Å². The zero-order chi connectivity index (χ0) is 25.7. The summed E-state index contributed by atoms with van der Waals surface area (Å²) >= 11 is 0. The largest absolute Gasteiger partial charge is 0.374 e. The summed E-state index contributed by atoms with van der Waals surface area (Å²) in [6.07, 6.45) is 2.82. The molecule has 6 nitrogen and oxygen atoms in total. The van der Waals surface area contributed by atoms with E-state index in [0.717, 1.165) is 16.7 Å². The van der Waals surface area contributed by atoms with Crippen molar-refractivity contribution in [2.24, 2.45) is 0 Å². The van der Waals surface area contributed by atoms with Crippen LogP contribution in [0.25, 0.3) is 0 Å². The first kappa shape index (κ1) is 27.0. The molecule has 1 aliphatic rings. The van der Waals surface area contributed by atoms with Gasteiger partial charge in [-0.1, -0.05) is 96.9 Å². The minimum Gasteiger partial charge on any atom is -0.374 e. The van der Waals surface area contributed by atoms with Gasteiger partial charge >= 0.3 is 0 Å². The van der Waals surface area contributed by atoms with Crippen molar-refractivity contribution >= 4 is 0 Å². The van der Waals surface area contributed by atoms with Gasteiger partial charge in [0.2, 0.25) is 0 Å². The van der Waals surface area contributed by atoms with Crippen LogP contribution in [-0.4, -0.2) is 51.0 Å². The number of rotatable bonds is 13. The predicted molar refractivity (Wildman–Crippen MR) is 140 cm³/mol. The first-order valence-electron chi connectivity index (χ1n) is 12.4. The van der Waals surface area contributed by atoms with Crippen LogP contribution in [0.5, 0.6) is 0 Å². The highest BCUT2D eigenvalue weighted by atomic mass is 16.7. The maximum atomic E-state index is 6.44. The van der Waals surface area contributed by atoms with Crippen molar-refractivity contribution in [1.29, 1.82) is 0 Å². The molecule has 0 radical (unpaired) electrons. The van der Waals surface area contributed by atoms with Crippen LogP contribution in [0.1, 0.15) is 16.7 Å². The molecule has 0 spiro atoms. The zero-order valence-corrected chi connectivity index (χ0v) is 21.1. The number of hydrogen-bond acceptors (Lipinski definition) is 6. The molecular weight excluding hydrogens is 468 g/mol. The van der Waals surface area contributed by atoms with Gasteiger partial charge in [0.15, 0.2) is 6.29 Å². The fourth-order valence-electron chi connectivity index (χ4n) is 4.31. The summed E-state index contributed by atoms with van der Waals surface area (Å²) in [6, 6.07) is 29.9. The highest BCUT2D eigenvalue weighted by Gasteiger charge is 2.48. The molecule has 3 aromatic rings. The molecule has 3 aromatic carbocycles. The van der Waals surface area contributed by atoms with E-state index in [1.54, 1.807) is 7.11 Å². The van der Waals surface area contributed by atoms with Gasteiger partial charge in [-0.3, -0.25) is 0 Å². The number of hydrogen-bond donors (Lipinski definition) is 0. The van der Waals surface area contributed by atoms with Gasteiger partial charge in [0.05, 0.1) is 26.4 Å². The van der Waals surface area contributed by atoms with Gasteiger partial charge in [0.25, 0.3) is 0 Å². The average Bonchev–Trinajstić information content (AvgIpc) is 2.96. The Morgan fingerprint density at radius 1 is 0.676 bits per heavy atom. The van der Waals surface area contributed by atoms with E-state index >= 15 is 0 Å². The Kier molecular flexibility index (Phi) is 10.7.